The number of aliphatic hydroxyl groups is 1. The van der Waals surface area contributed by atoms with E-state index >= 15 is 0 Å². The fourth-order valence-corrected chi connectivity index (χ4v) is 4.57. The fraction of sp³-hybridized carbons (Fsp3) is 0.500. The van der Waals surface area contributed by atoms with Crippen LogP contribution in [0.1, 0.15) is 41.5 Å². The molecule has 1 aromatic heterocycles. The number of benzene rings is 2. The Hall–Kier alpha value is -2.64. The lowest BCUT2D eigenvalue weighted by molar-refractivity contribution is 0.267. The van der Waals surface area contributed by atoms with Gasteiger partial charge in [-0.15, -0.1) is 0 Å². The molecule has 7 heteroatoms. The summed E-state index contributed by atoms with van der Waals surface area (Å²) in [6.07, 6.45) is 2.63. The number of rotatable bonds is 9. The normalized spacial score (nSPS) is 14.3. The second-order valence-corrected chi connectivity index (χ2v) is 9.04. The van der Waals surface area contributed by atoms with Gasteiger partial charge in [0.1, 0.15) is 17.1 Å². The molecule has 6 nitrogen and oxygen atoms in total. The number of nitrogens with one attached hydrogen (secondary N) is 1. The molecule has 0 unspecified atom stereocenters. The van der Waals surface area contributed by atoms with Gasteiger partial charge in [0.05, 0.1) is 18.7 Å². The molecule has 2 N–H and O–H groups in total. The van der Waals surface area contributed by atoms with Gasteiger partial charge in [-0.25, -0.2) is 9.37 Å². The third kappa shape index (κ3) is 5.31. The molecule has 0 radical (unpaired) electrons. The topological polar surface area (TPSA) is 62.6 Å². The summed E-state index contributed by atoms with van der Waals surface area (Å²) in [5.41, 5.74) is 5.42. The van der Waals surface area contributed by atoms with E-state index in [0.29, 0.717) is 24.3 Å². The highest BCUT2D eigenvalue weighted by molar-refractivity contribution is 5.86. The van der Waals surface area contributed by atoms with Crippen LogP contribution in [0.4, 0.5) is 10.3 Å². The molecule has 4 rings (SSSR count). The van der Waals surface area contributed by atoms with E-state index in [1.807, 2.05) is 26.0 Å². The Balaban J connectivity index is 1.74. The van der Waals surface area contributed by atoms with Crippen LogP contribution < -0.4 is 15.0 Å². The molecule has 3 aromatic rings. The maximum atomic E-state index is 14.2. The molecule has 2 aromatic carbocycles. The molecule has 178 valence electrons. The standard InChI is InChI=1S/C26H35FN4O2/c1-18-13-22-25(23(14-18)33-12-6-4-5-11-32)29-26(30-9-7-28-8-10-30)31(22)17-21-15-19(2)24(27)20(3)16-21/h13-16,28,32H,4-12,17H2,1-3H3. The number of aliphatic hydroxyl groups excluding tert-OH is 1. The highest BCUT2D eigenvalue weighted by atomic mass is 19.1. The molecule has 1 fully saturated rings. The molecule has 1 saturated heterocycles. The van der Waals surface area contributed by atoms with E-state index in [0.717, 1.165) is 79.3 Å². The second-order valence-electron chi connectivity index (χ2n) is 9.04. The lowest BCUT2D eigenvalue weighted by Gasteiger charge is -2.29. The summed E-state index contributed by atoms with van der Waals surface area (Å²) in [7, 11) is 0. The quantitative estimate of drug-likeness (QED) is 0.477. The molecule has 2 heterocycles. The molecule has 0 atom stereocenters. The molecule has 0 spiro atoms. The Morgan fingerprint density at radius 2 is 1.76 bits per heavy atom. The zero-order valence-corrected chi connectivity index (χ0v) is 20.0. The van der Waals surface area contributed by atoms with Crippen molar-refractivity contribution in [3.8, 4) is 5.75 Å². The van der Waals surface area contributed by atoms with Crippen molar-refractivity contribution in [3.63, 3.8) is 0 Å². The Bertz CT molecular complexity index is 1080. The van der Waals surface area contributed by atoms with E-state index in [4.69, 9.17) is 14.8 Å². The number of unbranched alkanes of at least 4 members (excludes halogenated alkanes) is 2. The minimum atomic E-state index is -0.135. The molecule has 0 saturated carbocycles. The van der Waals surface area contributed by atoms with E-state index in [9.17, 15) is 4.39 Å². The number of ether oxygens (including phenoxy) is 1. The third-order valence-electron chi connectivity index (χ3n) is 6.24. The summed E-state index contributed by atoms with van der Waals surface area (Å²) in [4.78, 5) is 7.39. The molecular formula is C26H35FN4O2. The molecule has 1 aliphatic heterocycles. The van der Waals surface area contributed by atoms with Gasteiger partial charge in [-0.3, -0.25) is 0 Å². The summed E-state index contributed by atoms with van der Waals surface area (Å²) in [6.45, 7) is 10.8. The zero-order chi connectivity index (χ0) is 23.4. The summed E-state index contributed by atoms with van der Waals surface area (Å²) >= 11 is 0. The Morgan fingerprint density at radius 3 is 2.45 bits per heavy atom. The van der Waals surface area contributed by atoms with Gasteiger partial charge in [0.2, 0.25) is 5.95 Å². The number of hydrogen-bond donors (Lipinski definition) is 2. The average molecular weight is 455 g/mol. The van der Waals surface area contributed by atoms with Crippen molar-refractivity contribution in [2.24, 2.45) is 0 Å². The summed E-state index contributed by atoms with van der Waals surface area (Å²) in [5.74, 6) is 1.60. The minimum absolute atomic E-state index is 0.135. The number of aromatic nitrogens is 2. The van der Waals surface area contributed by atoms with Crippen LogP contribution in [0, 0.1) is 26.6 Å². The van der Waals surface area contributed by atoms with Gasteiger partial charge in [-0.2, -0.15) is 0 Å². The highest BCUT2D eigenvalue weighted by Gasteiger charge is 2.22. The maximum absolute atomic E-state index is 14.2. The van der Waals surface area contributed by atoms with E-state index in [1.54, 1.807) is 0 Å². The van der Waals surface area contributed by atoms with E-state index in [-0.39, 0.29) is 12.4 Å². The number of anilines is 1. The van der Waals surface area contributed by atoms with Crippen molar-refractivity contribution in [2.75, 3.05) is 44.3 Å². The van der Waals surface area contributed by atoms with Crippen LogP contribution >= 0.6 is 0 Å². The van der Waals surface area contributed by atoms with Crippen molar-refractivity contribution in [1.29, 1.82) is 0 Å². The molecule has 33 heavy (non-hydrogen) atoms. The zero-order valence-electron chi connectivity index (χ0n) is 20.0. The summed E-state index contributed by atoms with van der Waals surface area (Å²) < 4.78 is 22.7. The van der Waals surface area contributed by atoms with Crippen LogP contribution in [0.15, 0.2) is 24.3 Å². The van der Waals surface area contributed by atoms with Gasteiger partial charge in [-0.05, 0) is 74.4 Å². The van der Waals surface area contributed by atoms with Crippen LogP contribution in [0.3, 0.4) is 0 Å². The Kier molecular flexibility index (Phi) is 7.50. The number of hydrogen-bond acceptors (Lipinski definition) is 5. The molecule has 0 aliphatic carbocycles. The minimum Gasteiger partial charge on any atom is -0.491 e. The number of halogens is 1. The van der Waals surface area contributed by atoms with Crippen LogP contribution in [-0.4, -0.2) is 54.1 Å². The molecule has 1 aliphatic rings. The Labute approximate surface area is 195 Å². The number of nitrogens with zero attached hydrogens (tertiary/aromatic N) is 3. The van der Waals surface area contributed by atoms with Gasteiger partial charge < -0.3 is 24.6 Å². The first-order valence-electron chi connectivity index (χ1n) is 11.9. The lowest BCUT2D eigenvalue weighted by atomic mass is 10.1. The van der Waals surface area contributed by atoms with Gasteiger partial charge in [0, 0.05) is 32.8 Å². The van der Waals surface area contributed by atoms with Crippen LogP contribution in [0.25, 0.3) is 11.0 Å². The van der Waals surface area contributed by atoms with Crippen molar-refractivity contribution >= 4 is 17.0 Å². The SMILES string of the molecule is Cc1cc(OCCCCCO)c2nc(N3CCNCC3)n(Cc3cc(C)c(F)c(C)c3)c2c1. The average Bonchev–Trinajstić information content (AvgIpc) is 3.16. The number of aryl methyl sites for hydroxylation is 3. The first-order chi connectivity index (χ1) is 16.0. The largest absolute Gasteiger partial charge is 0.491 e. The molecule has 0 amide bonds. The van der Waals surface area contributed by atoms with Crippen molar-refractivity contribution in [3.05, 3.63) is 52.3 Å². The van der Waals surface area contributed by atoms with Gasteiger partial charge in [0.15, 0.2) is 0 Å². The van der Waals surface area contributed by atoms with E-state index in [1.165, 1.54) is 0 Å². The van der Waals surface area contributed by atoms with Crippen LogP contribution in [0.2, 0.25) is 0 Å². The predicted octanol–water partition coefficient (Wildman–Crippen LogP) is 4.10. The fourth-order valence-electron chi connectivity index (χ4n) is 4.57. The van der Waals surface area contributed by atoms with Crippen molar-refractivity contribution in [2.45, 2.75) is 46.6 Å². The third-order valence-corrected chi connectivity index (χ3v) is 6.24. The second kappa shape index (κ2) is 10.5. The Morgan fingerprint density at radius 1 is 1.03 bits per heavy atom. The van der Waals surface area contributed by atoms with E-state index < -0.39 is 0 Å². The summed E-state index contributed by atoms with van der Waals surface area (Å²) in [5, 5.41) is 12.4. The van der Waals surface area contributed by atoms with Crippen LogP contribution in [0.5, 0.6) is 5.75 Å². The summed E-state index contributed by atoms with van der Waals surface area (Å²) in [6, 6.07) is 8.09. The molecular weight excluding hydrogens is 419 g/mol. The first kappa shape index (κ1) is 23.5. The first-order valence-corrected chi connectivity index (χ1v) is 11.9. The van der Waals surface area contributed by atoms with Crippen LogP contribution in [-0.2, 0) is 6.54 Å². The lowest BCUT2D eigenvalue weighted by Crippen LogP contribution is -2.44. The van der Waals surface area contributed by atoms with Gasteiger partial charge in [0.25, 0.3) is 0 Å². The van der Waals surface area contributed by atoms with Crippen molar-refractivity contribution in [1.82, 2.24) is 14.9 Å². The number of fused-ring (bicyclic) bond motifs is 1. The van der Waals surface area contributed by atoms with Gasteiger partial charge in [-0.1, -0.05) is 12.1 Å². The van der Waals surface area contributed by atoms with Gasteiger partial charge >= 0.3 is 0 Å². The number of imidazole rings is 1. The molecule has 0 bridgehead atoms. The monoisotopic (exact) mass is 454 g/mol. The van der Waals surface area contributed by atoms with Crippen molar-refractivity contribution < 1.29 is 14.2 Å². The number of piperazine rings is 1. The maximum Gasteiger partial charge on any atom is 0.207 e. The highest BCUT2D eigenvalue weighted by Crippen LogP contribution is 2.32. The van der Waals surface area contributed by atoms with E-state index in [2.05, 4.69) is 33.8 Å². The smallest absolute Gasteiger partial charge is 0.207 e. The predicted molar refractivity (Wildman–Crippen MR) is 131 cm³/mol.